The van der Waals surface area contributed by atoms with Crippen LogP contribution in [0, 0.1) is 55.4 Å². The van der Waals surface area contributed by atoms with Gasteiger partial charge in [-0.2, -0.15) is 0 Å². The van der Waals surface area contributed by atoms with E-state index in [4.69, 9.17) is 5.73 Å². The SMILES string of the molecule is Cc1cc(C)c(NC(=O)c2sc(NC(=O)N(CCN)c3ccccc3)nc2C)c(C)c1.Cc1cc(C)c(NC(=O)c2sc(NC(=O)NCC(c3ccccc3)c3ccccc3)nc2C)c(C)c1. The molecule has 67 heavy (non-hydrogen) atoms. The average molecular weight is 936 g/mol. The van der Waals surface area contributed by atoms with Gasteiger partial charge in [0, 0.05) is 42.6 Å². The summed E-state index contributed by atoms with van der Waals surface area (Å²) >= 11 is 2.31. The van der Waals surface area contributed by atoms with Crippen LogP contribution in [0.2, 0.25) is 0 Å². The third kappa shape index (κ3) is 13.0. The first-order valence-corrected chi connectivity index (χ1v) is 23.5. The highest BCUT2D eigenvalue weighted by Gasteiger charge is 2.22. The van der Waals surface area contributed by atoms with Crippen LogP contribution in [0.3, 0.4) is 0 Å². The van der Waals surface area contributed by atoms with Gasteiger partial charge in [0.25, 0.3) is 11.8 Å². The summed E-state index contributed by atoms with van der Waals surface area (Å²) in [6, 6.07) is 36.9. The number of nitrogens with zero attached hydrogens (tertiary/aromatic N) is 3. The van der Waals surface area contributed by atoms with E-state index < -0.39 is 0 Å². The molecule has 0 saturated carbocycles. The van der Waals surface area contributed by atoms with Crippen molar-refractivity contribution in [3.63, 3.8) is 0 Å². The molecular weight excluding hydrogens is 879 g/mol. The molecule has 13 nitrogen and oxygen atoms in total. The Kier molecular flexibility index (Phi) is 16.8. The van der Waals surface area contributed by atoms with E-state index in [1.54, 1.807) is 18.7 Å². The van der Waals surface area contributed by atoms with Gasteiger partial charge in [0.05, 0.1) is 11.4 Å². The minimum Gasteiger partial charge on any atom is -0.337 e. The van der Waals surface area contributed by atoms with Gasteiger partial charge in [0.1, 0.15) is 9.75 Å². The van der Waals surface area contributed by atoms with E-state index in [1.165, 1.54) is 0 Å². The molecule has 0 bridgehead atoms. The quantitative estimate of drug-likeness (QED) is 0.0665. The molecule has 0 spiro atoms. The standard InChI is InChI=1S/C29H30N4O2S.C23H27N5O2S/c1-18-15-19(2)25(20(3)16-18)32-27(34)26-21(4)31-29(36-26)33-28(35)30-17-24(22-11-7-5-8-12-22)23-13-9-6-10-14-23;1-14-12-15(2)19(16(3)13-14)26-21(29)20-17(4)25-22(31-20)27-23(30)28(11-10-24)18-8-6-5-7-9-18/h5-16,24H,17H2,1-4H3,(H,32,34)(H2,30,31,33,35);5-9,12-13H,10-11,24H2,1-4H3,(H,26,29)(H,25,27,30). The van der Waals surface area contributed by atoms with E-state index in [0.29, 0.717) is 51.0 Å². The largest absolute Gasteiger partial charge is 0.337 e. The normalized spacial score (nSPS) is 10.7. The number of hydrogen-bond acceptors (Lipinski definition) is 9. The summed E-state index contributed by atoms with van der Waals surface area (Å²) in [6.07, 6.45) is 0. The Balaban J connectivity index is 0.000000224. The van der Waals surface area contributed by atoms with Crippen molar-refractivity contribution in [3.8, 4) is 0 Å². The summed E-state index contributed by atoms with van der Waals surface area (Å²) in [6.45, 7) is 16.6. The number of benzene rings is 5. The fraction of sp³-hybridized carbons (Fsp3) is 0.231. The summed E-state index contributed by atoms with van der Waals surface area (Å²) < 4.78 is 0. The van der Waals surface area contributed by atoms with Crippen LogP contribution in [0.25, 0.3) is 0 Å². The smallest absolute Gasteiger partial charge is 0.328 e. The lowest BCUT2D eigenvalue weighted by Gasteiger charge is -2.21. The highest BCUT2D eigenvalue weighted by atomic mass is 32.1. The number of nitrogens with two attached hydrogens (primary N) is 1. The van der Waals surface area contributed by atoms with Crippen molar-refractivity contribution in [1.29, 1.82) is 0 Å². The van der Waals surface area contributed by atoms with Gasteiger partial charge in [-0.1, -0.05) is 137 Å². The molecule has 0 aliphatic heterocycles. The number of rotatable bonds is 13. The molecule has 15 heteroatoms. The molecule has 0 unspecified atom stereocenters. The van der Waals surface area contributed by atoms with Gasteiger partial charge in [-0.05, 0) is 101 Å². The minimum absolute atomic E-state index is 0.0125. The van der Waals surface area contributed by atoms with Gasteiger partial charge in [0.15, 0.2) is 10.3 Å². The number of carbonyl (C=O) groups excluding carboxylic acids is 4. The second-order valence-corrected chi connectivity index (χ2v) is 18.2. The molecule has 5 aromatic carbocycles. The molecular formula is C52H57N9O4S2. The summed E-state index contributed by atoms with van der Waals surface area (Å²) in [5, 5.41) is 15.3. The second-order valence-electron chi connectivity index (χ2n) is 16.2. The van der Waals surface area contributed by atoms with Crippen LogP contribution in [0.4, 0.5) is 36.9 Å². The molecule has 0 aliphatic carbocycles. The molecule has 6 amide bonds. The lowest BCUT2D eigenvalue weighted by Crippen LogP contribution is -2.38. The Morgan fingerprint density at radius 3 is 1.39 bits per heavy atom. The summed E-state index contributed by atoms with van der Waals surface area (Å²) in [5.41, 5.74) is 17.7. The zero-order valence-corrected chi connectivity index (χ0v) is 40.7. The Bertz CT molecular complexity index is 2760. The maximum Gasteiger partial charge on any atom is 0.328 e. The molecule has 0 radical (unpaired) electrons. The molecule has 2 aromatic heterocycles. The topological polar surface area (TPSA) is 183 Å². The summed E-state index contributed by atoms with van der Waals surface area (Å²) in [5.74, 6) is -0.465. The third-order valence-electron chi connectivity index (χ3n) is 10.8. The Morgan fingerprint density at radius 2 is 0.970 bits per heavy atom. The van der Waals surface area contributed by atoms with Crippen LogP contribution < -0.4 is 37.2 Å². The third-order valence-corrected chi connectivity index (χ3v) is 13.0. The molecule has 0 saturated heterocycles. The molecule has 2 heterocycles. The number of aryl methyl sites for hydroxylation is 8. The molecule has 0 atom stereocenters. The highest BCUT2D eigenvalue weighted by Crippen LogP contribution is 2.30. The van der Waals surface area contributed by atoms with Gasteiger partial charge in [0.2, 0.25) is 0 Å². The molecule has 0 fully saturated rings. The number of hydrogen-bond donors (Lipinski definition) is 6. The van der Waals surface area contributed by atoms with Crippen molar-refractivity contribution in [2.24, 2.45) is 5.73 Å². The number of nitrogens with one attached hydrogen (secondary N) is 5. The number of anilines is 5. The van der Waals surface area contributed by atoms with Crippen molar-refractivity contribution in [3.05, 3.63) is 181 Å². The van der Waals surface area contributed by atoms with Crippen LogP contribution in [0.1, 0.15) is 81.2 Å². The van der Waals surface area contributed by atoms with Crippen LogP contribution in [0.15, 0.2) is 115 Å². The average Bonchev–Trinajstić information content (AvgIpc) is 3.86. The van der Waals surface area contributed by atoms with Crippen molar-refractivity contribution >= 4 is 73.9 Å². The van der Waals surface area contributed by atoms with Gasteiger partial charge < -0.3 is 21.7 Å². The van der Waals surface area contributed by atoms with E-state index in [9.17, 15) is 19.2 Å². The lowest BCUT2D eigenvalue weighted by molar-refractivity contribution is 0.102. The van der Waals surface area contributed by atoms with Gasteiger partial charge >= 0.3 is 12.1 Å². The number of amides is 6. The molecule has 7 N–H and O–H groups in total. The van der Waals surface area contributed by atoms with Gasteiger partial charge in [-0.3, -0.25) is 25.1 Å². The zero-order chi connectivity index (χ0) is 48.2. The molecule has 7 aromatic rings. The Labute approximate surface area is 400 Å². The molecule has 346 valence electrons. The maximum atomic E-state index is 13.0. The lowest BCUT2D eigenvalue weighted by atomic mass is 9.91. The van der Waals surface area contributed by atoms with Crippen molar-refractivity contribution in [1.82, 2.24) is 15.3 Å². The van der Waals surface area contributed by atoms with Crippen LogP contribution >= 0.6 is 22.7 Å². The van der Waals surface area contributed by atoms with E-state index in [1.807, 2.05) is 133 Å². The van der Waals surface area contributed by atoms with Gasteiger partial charge in [-0.25, -0.2) is 19.6 Å². The van der Waals surface area contributed by atoms with E-state index in [0.717, 1.165) is 84.2 Å². The second kappa shape index (κ2) is 22.8. The Hall–Kier alpha value is -7.20. The van der Waals surface area contributed by atoms with E-state index in [-0.39, 0.29) is 29.8 Å². The summed E-state index contributed by atoms with van der Waals surface area (Å²) in [4.78, 5) is 62.7. The predicted molar refractivity (Wildman–Crippen MR) is 275 cm³/mol. The van der Waals surface area contributed by atoms with Crippen molar-refractivity contribution < 1.29 is 19.2 Å². The fourth-order valence-electron chi connectivity index (χ4n) is 7.79. The maximum absolute atomic E-state index is 13.0. The summed E-state index contributed by atoms with van der Waals surface area (Å²) in [7, 11) is 0. The van der Waals surface area contributed by atoms with Gasteiger partial charge in [-0.15, -0.1) is 0 Å². The molecule has 0 aliphatic rings. The zero-order valence-electron chi connectivity index (χ0n) is 39.0. The fourth-order valence-corrected chi connectivity index (χ4v) is 9.50. The van der Waals surface area contributed by atoms with Crippen LogP contribution in [-0.4, -0.2) is 53.5 Å². The van der Waals surface area contributed by atoms with Crippen LogP contribution in [-0.2, 0) is 0 Å². The first-order valence-electron chi connectivity index (χ1n) is 21.8. The van der Waals surface area contributed by atoms with Crippen molar-refractivity contribution in [2.75, 3.05) is 45.8 Å². The minimum atomic E-state index is -0.363. The monoisotopic (exact) mass is 935 g/mol. The predicted octanol–water partition coefficient (Wildman–Crippen LogP) is 11.2. The number of urea groups is 2. The number of thiazole rings is 2. The number of para-hydroxylation sites is 1. The van der Waals surface area contributed by atoms with E-state index >= 15 is 0 Å². The highest BCUT2D eigenvalue weighted by molar-refractivity contribution is 7.18. The van der Waals surface area contributed by atoms with E-state index in [2.05, 4.69) is 60.8 Å². The number of carbonyl (C=O) groups is 4. The number of aromatic nitrogens is 2. The molecule has 7 rings (SSSR count). The van der Waals surface area contributed by atoms with Crippen LogP contribution in [0.5, 0.6) is 0 Å². The first kappa shape index (κ1) is 49.2. The Morgan fingerprint density at radius 1 is 0.567 bits per heavy atom. The first-order chi connectivity index (χ1) is 32.1. The van der Waals surface area contributed by atoms with Crippen molar-refractivity contribution in [2.45, 2.75) is 61.3 Å².